The third kappa shape index (κ3) is 19.7. The van der Waals surface area contributed by atoms with Crippen molar-refractivity contribution in [2.45, 2.75) is 58.3 Å². The Morgan fingerprint density at radius 2 is 1.58 bits per heavy atom. The number of aliphatic carboxylic acids is 1. The fraction of sp³-hybridized carbons (Fsp3) is 0.409. The molecule has 24 heavy (non-hydrogen) atoms. The molecule has 0 amide bonds. The lowest BCUT2D eigenvalue weighted by Crippen LogP contribution is -1.91. The van der Waals surface area contributed by atoms with Gasteiger partial charge in [-0.2, -0.15) is 0 Å². The zero-order valence-electron chi connectivity index (χ0n) is 14.8. The van der Waals surface area contributed by atoms with Gasteiger partial charge in [0.15, 0.2) is 0 Å². The minimum atomic E-state index is -0.744. The van der Waals surface area contributed by atoms with Gasteiger partial charge in [-0.3, -0.25) is 4.79 Å². The van der Waals surface area contributed by atoms with E-state index in [-0.39, 0.29) is 6.42 Å². The van der Waals surface area contributed by atoms with Gasteiger partial charge in [0.2, 0.25) is 0 Å². The molecule has 0 saturated heterocycles. The van der Waals surface area contributed by atoms with E-state index in [2.05, 4.69) is 49.1 Å². The molecule has 0 fully saturated rings. The first-order chi connectivity index (χ1) is 11.8. The lowest BCUT2D eigenvalue weighted by Gasteiger charge is -1.88. The molecule has 0 radical (unpaired) electrons. The fourth-order valence-corrected chi connectivity index (χ4v) is 1.76. The molecule has 0 heterocycles. The highest BCUT2D eigenvalue weighted by Crippen LogP contribution is 1.97. The van der Waals surface area contributed by atoms with Crippen LogP contribution in [0.5, 0.6) is 0 Å². The molecule has 0 bridgehead atoms. The van der Waals surface area contributed by atoms with Crippen LogP contribution in [0.3, 0.4) is 0 Å². The molecule has 0 unspecified atom stereocenters. The van der Waals surface area contributed by atoms with Crippen LogP contribution in [0.25, 0.3) is 0 Å². The summed E-state index contributed by atoms with van der Waals surface area (Å²) in [5.74, 6) is 5.40. The summed E-state index contributed by atoms with van der Waals surface area (Å²) in [5.41, 5.74) is 0. The maximum Gasteiger partial charge on any atom is 0.303 e. The zero-order chi connectivity index (χ0) is 17.7. The molecule has 0 aromatic heterocycles. The predicted octanol–water partition coefficient (Wildman–Crippen LogP) is 6.00. The van der Waals surface area contributed by atoms with Crippen LogP contribution in [0, 0.1) is 11.8 Å². The number of hydrogen-bond donors (Lipinski definition) is 1. The number of hydrogen-bond acceptors (Lipinski definition) is 1. The topological polar surface area (TPSA) is 37.3 Å². The van der Waals surface area contributed by atoms with Gasteiger partial charge in [0.25, 0.3) is 0 Å². The first-order valence-corrected chi connectivity index (χ1v) is 8.74. The summed E-state index contributed by atoms with van der Waals surface area (Å²) >= 11 is 0. The van der Waals surface area contributed by atoms with E-state index in [1.165, 1.54) is 0 Å². The van der Waals surface area contributed by atoms with Gasteiger partial charge in [-0.05, 0) is 44.6 Å². The zero-order valence-corrected chi connectivity index (χ0v) is 14.8. The Morgan fingerprint density at radius 1 is 0.875 bits per heavy atom. The molecule has 0 aromatic rings. The van der Waals surface area contributed by atoms with Crippen molar-refractivity contribution in [2.75, 3.05) is 0 Å². The smallest absolute Gasteiger partial charge is 0.303 e. The Bertz CT molecular complexity index is 508. The van der Waals surface area contributed by atoms with Crippen LogP contribution >= 0.6 is 0 Å². The highest BCUT2D eigenvalue weighted by atomic mass is 16.4. The van der Waals surface area contributed by atoms with Crippen LogP contribution in [-0.2, 0) is 4.79 Å². The fourth-order valence-electron chi connectivity index (χ4n) is 1.76. The highest BCUT2D eigenvalue weighted by molar-refractivity contribution is 5.66. The molecular formula is C22H30O2. The molecule has 2 nitrogen and oxygen atoms in total. The van der Waals surface area contributed by atoms with Crippen molar-refractivity contribution in [1.29, 1.82) is 0 Å². The molecule has 0 aliphatic heterocycles. The lowest BCUT2D eigenvalue weighted by molar-refractivity contribution is -0.136. The number of carboxylic acid groups (broad SMARTS) is 1. The second kappa shape index (κ2) is 18.8. The van der Waals surface area contributed by atoms with E-state index in [0.29, 0.717) is 6.42 Å². The Morgan fingerprint density at radius 3 is 2.33 bits per heavy atom. The minimum absolute atomic E-state index is 0.207. The number of unbranched alkanes of at least 4 members (excludes halogenated alkanes) is 2. The second-order valence-electron chi connectivity index (χ2n) is 5.21. The Balaban J connectivity index is 3.56. The van der Waals surface area contributed by atoms with Crippen LogP contribution in [0.4, 0.5) is 0 Å². The summed E-state index contributed by atoms with van der Waals surface area (Å²) in [4.78, 5) is 10.3. The molecule has 0 aliphatic carbocycles. The molecule has 0 saturated carbocycles. The first kappa shape index (κ1) is 21.7. The monoisotopic (exact) mass is 326 g/mol. The van der Waals surface area contributed by atoms with Gasteiger partial charge in [0.05, 0.1) is 0 Å². The van der Waals surface area contributed by atoms with Gasteiger partial charge in [-0.25, -0.2) is 0 Å². The lowest BCUT2D eigenvalue weighted by atomic mass is 10.2. The van der Waals surface area contributed by atoms with Gasteiger partial charge in [-0.1, -0.05) is 73.4 Å². The van der Waals surface area contributed by atoms with Crippen molar-refractivity contribution in [2.24, 2.45) is 0 Å². The minimum Gasteiger partial charge on any atom is -0.481 e. The average Bonchev–Trinajstić information content (AvgIpc) is 2.56. The molecule has 0 atom stereocenters. The van der Waals surface area contributed by atoms with E-state index < -0.39 is 5.97 Å². The molecule has 0 aliphatic rings. The van der Waals surface area contributed by atoms with E-state index in [4.69, 9.17) is 5.11 Å². The van der Waals surface area contributed by atoms with Crippen molar-refractivity contribution in [1.82, 2.24) is 0 Å². The average molecular weight is 326 g/mol. The van der Waals surface area contributed by atoms with Crippen molar-refractivity contribution in [3.8, 4) is 11.8 Å². The standard InChI is InChI=1S/C22H30O2/c1-2-3-4-5-6-7-8-9-10-11-12-13-14-15-16-17-18-19-20-21-22(23)24/h3-4,9-12,15-16,18-19H,2,5-6,13-14,17,20-21H2,1H3,(H,23,24). The van der Waals surface area contributed by atoms with Crippen molar-refractivity contribution in [3.05, 3.63) is 60.8 Å². The summed E-state index contributed by atoms with van der Waals surface area (Å²) in [6.07, 6.45) is 27.3. The normalized spacial score (nSPS) is 12.0. The van der Waals surface area contributed by atoms with Crippen LogP contribution < -0.4 is 0 Å². The molecule has 0 spiro atoms. The van der Waals surface area contributed by atoms with E-state index in [9.17, 15) is 4.79 Å². The molecule has 2 heteroatoms. The van der Waals surface area contributed by atoms with Gasteiger partial charge >= 0.3 is 5.97 Å². The molecule has 1 N–H and O–H groups in total. The number of carboxylic acids is 1. The van der Waals surface area contributed by atoms with Crippen LogP contribution in [0.2, 0.25) is 0 Å². The summed E-state index contributed by atoms with van der Waals surface area (Å²) in [6.45, 7) is 2.13. The Hall–Kier alpha value is -2.27. The predicted molar refractivity (Wildman–Crippen MR) is 104 cm³/mol. The third-order valence-electron chi connectivity index (χ3n) is 3.00. The number of allylic oxidation sites excluding steroid dienone is 10. The third-order valence-corrected chi connectivity index (χ3v) is 3.00. The van der Waals surface area contributed by atoms with E-state index in [0.717, 1.165) is 38.5 Å². The molecule has 0 aromatic carbocycles. The van der Waals surface area contributed by atoms with Gasteiger partial charge in [0.1, 0.15) is 0 Å². The summed E-state index contributed by atoms with van der Waals surface area (Å²) in [6, 6.07) is 0. The van der Waals surface area contributed by atoms with Crippen LogP contribution in [-0.4, -0.2) is 11.1 Å². The van der Waals surface area contributed by atoms with Crippen LogP contribution in [0.15, 0.2) is 60.8 Å². The largest absolute Gasteiger partial charge is 0.481 e. The Kier molecular flexibility index (Phi) is 17.0. The Labute approximate surface area is 147 Å². The highest BCUT2D eigenvalue weighted by Gasteiger charge is 1.90. The summed E-state index contributed by atoms with van der Waals surface area (Å²) < 4.78 is 0. The first-order valence-electron chi connectivity index (χ1n) is 8.74. The molecule has 130 valence electrons. The van der Waals surface area contributed by atoms with E-state index in [1.54, 1.807) is 0 Å². The number of carbonyl (C=O) groups is 1. The van der Waals surface area contributed by atoms with Crippen LogP contribution in [0.1, 0.15) is 58.3 Å². The van der Waals surface area contributed by atoms with Gasteiger partial charge in [-0.15, -0.1) is 0 Å². The second-order valence-corrected chi connectivity index (χ2v) is 5.21. The number of rotatable bonds is 12. The van der Waals surface area contributed by atoms with Crippen molar-refractivity contribution in [3.63, 3.8) is 0 Å². The van der Waals surface area contributed by atoms with Crippen molar-refractivity contribution < 1.29 is 9.90 Å². The maximum absolute atomic E-state index is 10.3. The molecular weight excluding hydrogens is 296 g/mol. The summed E-state index contributed by atoms with van der Waals surface area (Å²) in [5, 5.41) is 8.49. The molecule has 0 rings (SSSR count). The van der Waals surface area contributed by atoms with Gasteiger partial charge in [0, 0.05) is 12.8 Å². The van der Waals surface area contributed by atoms with Gasteiger partial charge < -0.3 is 5.11 Å². The maximum atomic E-state index is 10.3. The summed E-state index contributed by atoms with van der Waals surface area (Å²) in [7, 11) is 0. The SMILES string of the molecule is CCC=CCCC#CC=CC=CCCC=CCC=CCCC(=O)O. The van der Waals surface area contributed by atoms with E-state index >= 15 is 0 Å². The van der Waals surface area contributed by atoms with E-state index in [1.807, 2.05) is 30.4 Å². The quantitative estimate of drug-likeness (QED) is 0.207. The van der Waals surface area contributed by atoms with Crippen molar-refractivity contribution >= 4 is 5.97 Å².